The lowest BCUT2D eigenvalue weighted by atomic mass is 10.4. The number of aliphatic hydroxyl groups excluding tert-OH is 2. The van der Waals surface area contributed by atoms with Crippen LogP contribution in [0.1, 0.15) is 13.8 Å². The van der Waals surface area contributed by atoms with Crippen LogP contribution in [-0.2, 0) is 0 Å². The highest BCUT2D eigenvalue weighted by Gasteiger charge is 2.12. The van der Waals surface area contributed by atoms with Crippen molar-refractivity contribution in [2.45, 2.75) is 25.1 Å². The highest BCUT2D eigenvalue weighted by Crippen LogP contribution is 2.19. The van der Waals surface area contributed by atoms with Crippen molar-refractivity contribution in [3.8, 4) is 0 Å². The summed E-state index contributed by atoms with van der Waals surface area (Å²) in [5, 5.41) is 18.6. The van der Waals surface area contributed by atoms with Gasteiger partial charge in [-0.15, -0.1) is 0 Å². The molecule has 1 aromatic heterocycles. The van der Waals surface area contributed by atoms with Crippen molar-refractivity contribution in [1.29, 1.82) is 0 Å². The summed E-state index contributed by atoms with van der Waals surface area (Å²) >= 11 is 7.08. The van der Waals surface area contributed by atoms with E-state index in [1.165, 1.54) is 11.8 Å². The number of nitrogens with zero attached hydrogens (tertiary/aromatic N) is 4. The molecule has 8 heteroatoms. The van der Waals surface area contributed by atoms with E-state index >= 15 is 0 Å². The van der Waals surface area contributed by atoms with Gasteiger partial charge in [0.25, 0.3) is 0 Å². The van der Waals surface area contributed by atoms with Crippen LogP contribution in [-0.4, -0.2) is 56.7 Å². The number of hydrogen-bond acceptors (Lipinski definition) is 7. The number of halogens is 1. The first kappa shape index (κ1) is 15.4. The predicted molar refractivity (Wildman–Crippen MR) is 72.2 cm³/mol. The Morgan fingerprint density at radius 3 is 2.50 bits per heavy atom. The van der Waals surface area contributed by atoms with Crippen molar-refractivity contribution < 1.29 is 10.2 Å². The van der Waals surface area contributed by atoms with Crippen LogP contribution >= 0.6 is 23.4 Å². The minimum atomic E-state index is -0.789. The van der Waals surface area contributed by atoms with Crippen molar-refractivity contribution in [2.75, 3.05) is 30.3 Å². The minimum absolute atomic E-state index is 0.132. The highest BCUT2D eigenvalue weighted by molar-refractivity contribution is 7.99. The molecule has 0 saturated heterocycles. The average molecular weight is 293 g/mol. The minimum Gasteiger partial charge on any atom is -0.394 e. The summed E-state index contributed by atoms with van der Waals surface area (Å²) in [6.45, 7) is 5.28. The lowest BCUT2D eigenvalue weighted by Gasteiger charge is -2.18. The molecular formula is C10H17ClN4O2S. The van der Waals surface area contributed by atoms with Crippen molar-refractivity contribution in [3.05, 3.63) is 5.28 Å². The third-order valence-corrected chi connectivity index (χ3v) is 3.40. The van der Waals surface area contributed by atoms with Gasteiger partial charge in [0.15, 0.2) is 5.16 Å². The van der Waals surface area contributed by atoms with Crippen molar-refractivity contribution in [1.82, 2.24) is 15.0 Å². The molecule has 1 unspecified atom stereocenters. The summed E-state index contributed by atoms with van der Waals surface area (Å²) < 4.78 is 0. The molecule has 0 aliphatic carbocycles. The van der Waals surface area contributed by atoms with E-state index in [2.05, 4.69) is 15.0 Å². The number of hydrogen-bond donors (Lipinski definition) is 2. The number of thioether (sulfide) groups is 1. The fraction of sp³-hybridized carbons (Fsp3) is 0.700. The second kappa shape index (κ2) is 7.73. The van der Waals surface area contributed by atoms with E-state index in [9.17, 15) is 5.11 Å². The number of anilines is 1. The molecule has 0 spiro atoms. The van der Waals surface area contributed by atoms with Gasteiger partial charge in [0, 0.05) is 18.8 Å². The lowest BCUT2D eigenvalue weighted by Crippen LogP contribution is -2.24. The predicted octanol–water partition coefficient (Wildman–Crippen LogP) is 0.817. The first-order valence-electron chi connectivity index (χ1n) is 5.68. The molecule has 6 nitrogen and oxygen atoms in total. The molecule has 0 aromatic carbocycles. The molecule has 0 bridgehead atoms. The van der Waals surface area contributed by atoms with E-state index in [0.717, 1.165) is 13.1 Å². The standard InChI is InChI=1S/C10H17ClN4O2S/c1-3-15(4-2)9-12-8(11)13-10(14-9)18-6-7(17)5-16/h7,16-17H,3-6H2,1-2H3. The zero-order valence-corrected chi connectivity index (χ0v) is 11.9. The summed E-state index contributed by atoms with van der Waals surface area (Å²) in [6.07, 6.45) is -0.789. The molecule has 0 radical (unpaired) electrons. The lowest BCUT2D eigenvalue weighted by molar-refractivity contribution is 0.113. The van der Waals surface area contributed by atoms with Crippen LogP contribution < -0.4 is 4.90 Å². The monoisotopic (exact) mass is 292 g/mol. The molecule has 0 fully saturated rings. The Balaban J connectivity index is 2.80. The second-order valence-corrected chi connectivity index (χ2v) is 4.83. The maximum Gasteiger partial charge on any atom is 0.230 e. The Morgan fingerprint density at radius 1 is 1.28 bits per heavy atom. The van der Waals surface area contributed by atoms with E-state index in [0.29, 0.717) is 16.9 Å². The van der Waals surface area contributed by atoms with E-state index in [1.807, 2.05) is 18.7 Å². The average Bonchev–Trinajstić information content (AvgIpc) is 2.37. The van der Waals surface area contributed by atoms with E-state index < -0.39 is 6.10 Å². The van der Waals surface area contributed by atoms with Gasteiger partial charge in [-0.05, 0) is 25.4 Å². The Bertz CT molecular complexity index is 379. The molecule has 1 heterocycles. The maximum atomic E-state index is 9.27. The quantitative estimate of drug-likeness (QED) is 0.720. The molecule has 1 atom stereocenters. The topological polar surface area (TPSA) is 82.4 Å². The van der Waals surface area contributed by atoms with Gasteiger partial charge in [0.05, 0.1) is 12.7 Å². The van der Waals surface area contributed by atoms with Gasteiger partial charge in [-0.3, -0.25) is 0 Å². The maximum absolute atomic E-state index is 9.27. The van der Waals surface area contributed by atoms with Crippen molar-refractivity contribution >= 4 is 29.3 Å². The first-order chi connectivity index (χ1) is 8.60. The van der Waals surface area contributed by atoms with Crippen molar-refractivity contribution in [3.63, 3.8) is 0 Å². The van der Waals surface area contributed by atoms with Gasteiger partial charge in [-0.1, -0.05) is 11.8 Å². The molecule has 1 rings (SSSR count). The van der Waals surface area contributed by atoms with Gasteiger partial charge in [-0.25, -0.2) is 0 Å². The normalized spacial score (nSPS) is 12.5. The van der Waals surface area contributed by atoms with Gasteiger partial charge in [0.2, 0.25) is 11.2 Å². The summed E-state index contributed by atoms with van der Waals surface area (Å²) in [4.78, 5) is 14.3. The third-order valence-electron chi connectivity index (χ3n) is 2.24. The van der Waals surface area contributed by atoms with E-state index in [1.54, 1.807) is 0 Å². The Morgan fingerprint density at radius 2 is 1.94 bits per heavy atom. The van der Waals surface area contributed by atoms with Crippen LogP contribution in [0.15, 0.2) is 5.16 Å². The van der Waals surface area contributed by atoms with E-state index in [4.69, 9.17) is 16.7 Å². The van der Waals surface area contributed by atoms with Crippen LogP contribution in [0.3, 0.4) is 0 Å². The fourth-order valence-electron chi connectivity index (χ4n) is 1.26. The molecule has 0 amide bonds. The van der Waals surface area contributed by atoms with Crippen LogP contribution in [0.2, 0.25) is 5.28 Å². The highest BCUT2D eigenvalue weighted by atomic mass is 35.5. The van der Waals surface area contributed by atoms with Gasteiger partial charge in [0.1, 0.15) is 0 Å². The molecule has 0 aliphatic rings. The van der Waals surface area contributed by atoms with Crippen LogP contribution in [0.5, 0.6) is 0 Å². The summed E-state index contributed by atoms with van der Waals surface area (Å²) in [7, 11) is 0. The molecule has 102 valence electrons. The largest absolute Gasteiger partial charge is 0.394 e. The summed E-state index contributed by atoms with van der Waals surface area (Å²) in [5.74, 6) is 0.843. The number of aliphatic hydroxyl groups is 2. The Hall–Kier alpha value is -0.630. The smallest absolute Gasteiger partial charge is 0.230 e. The zero-order chi connectivity index (χ0) is 13.5. The number of aromatic nitrogens is 3. The molecular weight excluding hydrogens is 276 g/mol. The van der Waals surface area contributed by atoms with E-state index in [-0.39, 0.29) is 11.9 Å². The summed E-state index contributed by atoms with van der Waals surface area (Å²) in [6, 6.07) is 0. The third kappa shape index (κ3) is 4.56. The fourth-order valence-corrected chi connectivity index (χ4v) is 2.21. The van der Waals surface area contributed by atoms with Crippen LogP contribution in [0.25, 0.3) is 0 Å². The van der Waals surface area contributed by atoms with Gasteiger partial charge >= 0.3 is 0 Å². The SMILES string of the molecule is CCN(CC)c1nc(Cl)nc(SCC(O)CO)n1. The second-order valence-electron chi connectivity index (χ2n) is 3.51. The zero-order valence-electron chi connectivity index (χ0n) is 10.4. The molecule has 18 heavy (non-hydrogen) atoms. The van der Waals surface area contributed by atoms with Gasteiger partial charge < -0.3 is 15.1 Å². The first-order valence-corrected chi connectivity index (χ1v) is 7.05. The molecule has 1 aromatic rings. The van der Waals surface area contributed by atoms with Crippen LogP contribution in [0.4, 0.5) is 5.95 Å². The molecule has 2 N–H and O–H groups in total. The Labute approximate surface area is 115 Å². The van der Waals surface area contributed by atoms with Gasteiger partial charge in [-0.2, -0.15) is 15.0 Å². The number of rotatable bonds is 7. The van der Waals surface area contributed by atoms with Crippen LogP contribution in [0, 0.1) is 0 Å². The summed E-state index contributed by atoms with van der Waals surface area (Å²) in [5.41, 5.74) is 0. The molecule has 0 saturated carbocycles. The van der Waals surface area contributed by atoms with Crippen molar-refractivity contribution in [2.24, 2.45) is 0 Å². The molecule has 0 aliphatic heterocycles. The Kier molecular flexibility index (Phi) is 6.62.